The molecule has 0 unspecified atom stereocenters. The van der Waals surface area contributed by atoms with Crippen molar-refractivity contribution in [2.24, 2.45) is 0 Å². The highest BCUT2D eigenvalue weighted by molar-refractivity contribution is 7.15. The predicted molar refractivity (Wildman–Crippen MR) is 138 cm³/mol. The Balaban J connectivity index is 1.30. The number of amides is 1. The van der Waals surface area contributed by atoms with E-state index >= 15 is 0 Å². The first kappa shape index (κ1) is 25.2. The van der Waals surface area contributed by atoms with Crippen LogP contribution in [0, 0.1) is 11.3 Å². The molecule has 9 heteroatoms. The van der Waals surface area contributed by atoms with Gasteiger partial charge in [-0.25, -0.2) is 0 Å². The maximum Gasteiger partial charge on any atom is 0.268 e. The van der Waals surface area contributed by atoms with Gasteiger partial charge in [0.05, 0.1) is 7.11 Å². The van der Waals surface area contributed by atoms with Crippen molar-refractivity contribution in [1.29, 1.82) is 5.26 Å². The average Bonchev–Trinajstić information content (AvgIpc) is 3.39. The molecule has 36 heavy (non-hydrogen) atoms. The van der Waals surface area contributed by atoms with Crippen LogP contribution in [0.2, 0.25) is 0 Å². The number of nitrogens with one attached hydrogen (secondary N) is 1. The van der Waals surface area contributed by atoms with E-state index in [1.807, 2.05) is 36.4 Å². The zero-order valence-corrected chi connectivity index (χ0v) is 20.9. The molecular formula is C27H28N4O4S. The Kier molecular flexibility index (Phi) is 8.89. The van der Waals surface area contributed by atoms with E-state index in [0.29, 0.717) is 35.6 Å². The van der Waals surface area contributed by atoms with Crippen LogP contribution in [0.15, 0.2) is 54.1 Å². The molecule has 1 saturated carbocycles. The Hall–Kier alpha value is -3.90. The highest BCUT2D eigenvalue weighted by Crippen LogP contribution is 2.35. The lowest BCUT2D eigenvalue weighted by Crippen LogP contribution is -2.13. The number of anilines is 1. The van der Waals surface area contributed by atoms with Crippen molar-refractivity contribution in [3.8, 4) is 23.3 Å². The lowest BCUT2D eigenvalue weighted by molar-refractivity contribution is -0.112. The summed E-state index contributed by atoms with van der Waals surface area (Å²) in [7, 11) is 1.62. The molecule has 1 aliphatic rings. The van der Waals surface area contributed by atoms with E-state index in [4.69, 9.17) is 14.2 Å². The molecule has 0 atom stereocenters. The summed E-state index contributed by atoms with van der Waals surface area (Å²) >= 11 is 1.39. The van der Waals surface area contributed by atoms with Crippen molar-refractivity contribution in [2.75, 3.05) is 25.6 Å². The van der Waals surface area contributed by atoms with Crippen molar-refractivity contribution in [3.63, 3.8) is 0 Å². The number of carbonyl (C=O) groups is 1. The molecule has 1 heterocycles. The average molecular weight is 505 g/mol. The molecule has 3 aromatic rings. The van der Waals surface area contributed by atoms with E-state index in [0.717, 1.165) is 29.3 Å². The number of hydrogen-bond donors (Lipinski definition) is 1. The summed E-state index contributed by atoms with van der Waals surface area (Å²) in [5, 5.41) is 22.0. The SMILES string of the molecule is COc1ccc(OCCOc2cccc(/C=C(/C#N)C(=O)Nc3nnc(C4CCCCC4)s3)c2)cc1. The fourth-order valence-corrected chi connectivity index (χ4v) is 4.87. The number of benzene rings is 2. The Labute approximate surface area is 214 Å². The summed E-state index contributed by atoms with van der Waals surface area (Å²) in [6.45, 7) is 0.702. The Bertz CT molecular complexity index is 1230. The van der Waals surface area contributed by atoms with Crippen LogP contribution in [0.3, 0.4) is 0 Å². The minimum atomic E-state index is -0.511. The maximum atomic E-state index is 12.7. The summed E-state index contributed by atoms with van der Waals surface area (Å²) < 4.78 is 16.6. The fourth-order valence-electron chi connectivity index (χ4n) is 3.96. The second kappa shape index (κ2) is 12.7. The molecule has 186 valence electrons. The molecule has 1 amide bonds. The molecule has 1 aliphatic carbocycles. The normalized spacial score (nSPS) is 14.1. The smallest absolute Gasteiger partial charge is 0.268 e. The molecule has 0 bridgehead atoms. The Morgan fingerprint density at radius 3 is 2.50 bits per heavy atom. The second-order valence-electron chi connectivity index (χ2n) is 8.35. The molecule has 1 N–H and O–H groups in total. The van der Waals surface area contributed by atoms with E-state index < -0.39 is 5.91 Å². The number of nitrogens with zero attached hydrogens (tertiary/aromatic N) is 3. The van der Waals surface area contributed by atoms with Crippen LogP contribution >= 0.6 is 11.3 Å². The van der Waals surface area contributed by atoms with Gasteiger partial charge in [0.15, 0.2) is 0 Å². The van der Waals surface area contributed by atoms with Gasteiger partial charge in [-0.15, -0.1) is 10.2 Å². The molecule has 0 saturated heterocycles. The van der Waals surface area contributed by atoms with Gasteiger partial charge in [0, 0.05) is 5.92 Å². The quantitative estimate of drug-likeness (QED) is 0.218. The second-order valence-corrected chi connectivity index (χ2v) is 9.36. The zero-order valence-electron chi connectivity index (χ0n) is 20.1. The van der Waals surface area contributed by atoms with Gasteiger partial charge in [0.1, 0.15) is 47.1 Å². The van der Waals surface area contributed by atoms with Gasteiger partial charge in [-0.1, -0.05) is 42.7 Å². The van der Waals surface area contributed by atoms with E-state index in [1.54, 1.807) is 25.3 Å². The van der Waals surface area contributed by atoms with Gasteiger partial charge in [0.25, 0.3) is 5.91 Å². The summed E-state index contributed by atoms with van der Waals surface area (Å²) in [6, 6.07) is 16.5. The highest BCUT2D eigenvalue weighted by atomic mass is 32.1. The monoisotopic (exact) mass is 504 g/mol. The number of hydrogen-bond acceptors (Lipinski definition) is 8. The molecule has 0 radical (unpaired) electrons. The lowest BCUT2D eigenvalue weighted by atomic mass is 9.90. The minimum absolute atomic E-state index is 0.0237. The van der Waals surface area contributed by atoms with Crippen molar-refractivity contribution >= 4 is 28.5 Å². The topological polar surface area (TPSA) is 106 Å². The fraction of sp³-hybridized carbons (Fsp3) is 0.333. The summed E-state index contributed by atoms with van der Waals surface area (Å²) in [6.07, 6.45) is 7.41. The van der Waals surface area contributed by atoms with Gasteiger partial charge in [-0.2, -0.15) is 5.26 Å². The van der Waals surface area contributed by atoms with Crippen LogP contribution in [-0.4, -0.2) is 36.4 Å². The van der Waals surface area contributed by atoms with E-state index in [-0.39, 0.29) is 5.57 Å². The number of aromatic nitrogens is 2. The Morgan fingerprint density at radius 1 is 1.06 bits per heavy atom. The van der Waals surface area contributed by atoms with Gasteiger partial charge >= 0.3 is 0 Å². The van der Waals surface area contributed by atoms with E-state index in [2.05, 4.69) is 15.5 Å². The molecule has 1 aromatic heterocycles. The van der Waals surface area contributed by atoms with E-state index in [9.17, 15) is 10.1 Å². The Morgan fingerprint density at radius 2 is 1.78 bits per heavy atom. The number of nitriles is 1. The van der Waals surface area contributed by atoms with Crippen LogP contribution in [-0.2, 0) is 4.79 Å². The first-order valence-corrected chi connectivity index (χ1v) is 12.7. The van der Waals surface area contributed by atoms with Gasteiger partial charge < -0.3 is 14.2 Å². The van der Waals surface area contributed by atoms with Crippen LogP contribution in [0.25, 0.3) is 6.08 Å². The molecule has 8 nitrogen and oxygen atoms in total. The molecule has 0 aliphatic heterocycles. The maximum absolute atomic E-state index is 12.7. The molecule has 1 fully saturated rings. The summed E-state index contributed by atoms with van der Waals surface area (Å²) in [4.78, 5) is 12.7. The predicted octanol–water partition coefficient (Wildman–Crippen LogP) is 5.60. The number of rotatable bonds is 10. The number of ether oxygens (including phenoxy) is 3. The molecule has 2 aromatic carbocycles. The van der Waals surface area contributed by atoms with Gasteiger partial charge in [0.2, 0.25) is 5.13 Å². The highest BCUT2D eigenvalue weighted by Gasteiger charge is 2.21. The van der Waals surface area contributed by atoms with E-state index in [1.165, 1.54) is 36.7 Å². The van der Waals surface area contributed by atoms with Crippen molar-refractivity contribution in [1.82, 2.24) is 10.2 Å². The third kappa shape index (κ3) is 7.06. The minimum Gasteiger partial charge on any atom is -0.497 e. The lowest BCUT2D eigenvalue weighted by Gasteiger charge is -2.18. The zero-order chi connectivity index (χ0) is 25.2. The number of carbonyl (C=O) groups excluding carboxylic acids is 1. The molecule has 4 rings (SSSR count). The largest absolute Gasteiger partial charge is 0.497 e. The first-order valence-electron chi connectivity index (χ1n) is 11.9. The molecule has 0 spiro atoms. The van der Waals surface area contributed by atoms with Crippen molar-refractivity contribution in [3.05, 3.63) is 64.7 Å². The molecular weight excluding hydrogens is 476 g/mol. The van der Waals surface area contributed by atoms with Crippen LogP contribution in [0.4, 0.5) is 5.13 Å². The third-order valence-corrected chi connectivity index (χ3v) is 6.83. The third-order valence-electron chi connectivity index (χ3n) is 5.83. The van der Waals surface area contributed by atoms with Crippen LogP contribution < -0.4 is 19.5 Å². The van der Waals surface area contributed by atoms with Gasteiger partial charge in [-0.3, -0.25) is 10.1 Å². The van der Waals surface area contributed by atoms with Crippen LogP contribution in [0.5, 0.6) is 17.2 Å². The first-order chi connectivity index (χ1) is 17.6. The van der Waals surface area contributed by atoms with Crippen molar-refractivity contribution < 1.29 is 19.0 Å². The van der Waals surface area contributed by atoms with Gasteiger partial charge in [-0.05, 0) is 60.9 Å². The van der Waals surface area contributed by atoms with Crippen LogP contribution in [0.1, 0.15) is 48.6 Å². The van der Waals surface area contributed by atoms with Crippen molar-refractivity contribution in [2.45, 2.75) is 38.0 Å². The number of methoxy groups -OCH3 is 1. The standard InChI is InChI=1S/C27H28N4O4S/c1-33-22-10-12-23(13-11-22)34-14-15-35-24-9-5-6-19(17-24)16-21(18-28)25(32)29-27-31-30-26(36-27)20-7-3-2-4-8-20/h5-6,9-13,16-17,20H,2-4,7-8,14-15H2,1H3,(H,29,31,32)/b21-16-. The summed E-state index contributed by atoms with van der Waals surface area (Å²) in [5.74, 6) is 2.00. The summed E-state index contributed by atoms with van der Waals surface area (Å²) in [5.41, 5.74) is 0.653.